The largest absolute Gasteiger partial charge is 0.507 e. The quantitative estimate of drug-likeness (QED) is 0.765. The Hall–Kier alpha value is -2.34. The molecule has 0 fully saturated rings. The number of phenolic OH excluding ortho intramolecular Hbond substituents is 1. The van der Waals surface area contributed by atoms with Crippen LogP contribution in [0, 0.1) is 6.92 Å². The third-order valence-electron chi connectivity index (χ3n) is 3.72. The number of nitrogens with zero attached hydrogens (tertiary/aromatic N) is 1. The van der Waals surface area contributed by atoms with Crippen molar-refractivity contribution in [3.05, 3.63) is 58.1 Å². The van der Waals surface area contributed by atoms with Gasteiger partial charge in [-0.1, -0.05) is 41.1 Å². The second kappa shape index (κ2) is 8.67. The van der Waals surface area contributed by atoms with Crippen molar-refractivity contribution in [1.82, 2.24) is 4.90 Å². The summed E-state index contributed by atoms with van der Waals surface area (Å²) in [7, 11) is 0. The highest BCUT2D eigenvalue weighted by Crippen LogP contribution is 2.23. The molecule has 25 heavy (non-hydrogen) atoms. The molecule has 132 valence electrons. The molecule has 2 aromatic rings. The van der Waals surface area contributed by atoms with E-state index >= 15 is 0 Å². The van der Waals surface area contributed by atoms with Crippen LogP contribution in [0.15, 0.2) is 46.9 Å². The van der Waals surface area contributed by atoms with Gasteiger partial charge in [-0.2, -0.15) is 0 Å². The Kier molecular flexibility index (Phi) is 6.58. The number of hydrogen-bond acceptors (Lipinski definition) is 3. The molecule has 0 saturated heterocycles. The lowest BCUT2D eigenvalue weighted by atomic mass is 10.1. The van der Waals surface area contributed by atoms with Crippen molar-refractivity contribution in [3.8, 4) is 5.75 Å². The number of rotatable bonds is 6. The summed E-state index contributed by atoms with van der Waals surface area (Å²) in [4.78, 5) is 26.5. The van der Waals surface area contributed by atoms with Crippen molar-refractivity contribution in [2.75, 3.05) is 18.4 Å². The fourth-order valence-electron chi connectivity index (χ4n) is 2.45. The van der Waals surface area contributed by atoms with E-state index in [0.29, 0.717) is 17.4 Å². The van der Waals surface area contributed by atoms with Gasteiger partial charge in [0.15, 0.2) is 0 Å². The molecule has 2 amide bonds. The molecule has 2 aromatic carbocycles. The summed E-state index contributed by atoms with van der Waals surface area (Å²) in [6.45, 7) is 4.18. The van der Waals surface area contributed by atoms with Gasteiger partial charge >= 0.3 is 0 Å². The minimum atomic E-state index is -0.374. The van der Waals surface area contributed by atoms with E-state index in [0.717, 1.165) is 11.3 Å². The zero-order chi connectivity index (χ0) is 18.4. The molecule has 0 aliphatic carbocycles. The van der Waals surface area contributed by atoms with Crippen LogP contribution in [0.2, 0.25) is 0 Å². The molecular formula is C19H21BrN2O3. The summed E-state index contributed by atoms with van der Waals surface area (Å²) < 4.78 is 0.689. The van der Waals surface area contributed by atoms with E-state index < -0.39 is 0 Å². The Balaban J connectivity index is 2.14. The van der Waals surface area contributed by atoms with Crippen LogP contribution < -0.4 is 5.32 Å². The van der Waals surface area contributed by atoms with Crippen LogP contribution in [-0.2, 0) is 4.79 Å². The average Bonchev–Trinajstić information content (AvgIpc) is 2.58. The van der Waals surface area contributed by atoms with Gasteiger partial charge in [-0.3, -0.25) is 9.59 Å². The van der Waals surface area contributed by atoms with E-state index in [-0.39, 0.29) is 29.7 Å². The highest BCUT2D eigenvalue weighted by molar-refractivity contribution is 9.10. The fraction of sp³-hybridized carbons (Fsp3) is 0.263. The SMILES string of the molecule is CCCN(CC(=O)Nc1ccccc1C)C(=O)c1cc(Br)ccc1O. The summed E-state index contributed by atoms with van der Waals surface area (Å²) in [6, 6.07) is 12.1. The topological polar surface area (TPSA) is 69.6 Å². The maximum atomic E-state index is 12.7. The molecule has 0 bridgehead atoms. The third-order valence-corrected chi connectivity index (χ3v) is 4.22. The molecule has 0 radical (unpaired) electrons. The van der Waals surface area contributed by atoms with Crippen molar-refractivity contribution < 1.29 is 14.7 Å². The number of halogens is 1. The van der Waals surface area contributed by atoms with Gasteiger partial charge in [-0.25, -0.2) is 0 Å². The summed E-state index contributed by atoms with van der Waals surface area (Å²) in [5, 5.41) is 12.8. The minimum absolute atomic E-state index is 0.0764. The van der Waals surface area contributed by atoms with Crippen molar-refractivity contribution in [2.24, 2.45) is 0 Å². The summed E-state index contributed by atoms with van der Waals surface area (Å²) in [6.07, 6.45) is 0.706. The molecule has 0 aromatic heterocycles. The van der Waals surface area contributed by atoms with E-state index in [2.05, 4.69) is 21.2 Å². The van der Waals surface area contributed by atoms with Crippen LogP contribution in [0.3, 0.4) is 0 Å². The molecule has 2 N–H and O–H groups in total. The van der Waals surface area contributed by atoms with Gasteiger partial charge in [0.25, 0.3) is 5.91 Å². The molecule has 2 rings (SSSR count). The van der Waals surface area contributed by atoms with Gasteiger partial charge in [0.1, 0.15) is 12.3 Å². The van der Waals surface area contributed by atoms with Gasteiger partial charge in [0.05, 0.1) is 5.56 Å². The molecule has 0 aliphatic rings. The monoisotopic (exact) mass is 404 g/mol. The highest BCUT2D eigenvalue weighted by atomic mass is 79.9. The van der Waals surface area contributed by atoms with Crippen LogP contribution in [0.5, 0.6) is 5.75 Å². The standard InChI is InChI=1S/C19H21BrN2O3/c1-3-10-22(19(25)15-11-14(20)8-9-17(15)23)12-18(24)21-16-7-5-4-6-13(16)2/h4-9,11,23H,3,10,12H2,1-2H3,(H,21,24). The maximum Gasteiger partial charge on any atom is 0.258 e. The maximum absolute atomic E-state index is 12.7. The van der Waals surface area contributed by atoms with Crippen LogP contribution >= 0.6 is 15.9 Å². The summed E-state index contributed by atoms with van der Waals surface area (Å²) in [5.41, 5.74) is 1.85. The average molecular weight is 405 g/mol. The Labute approximate surface area is 155 Å². The highest BCUT2D eigenvalue weighted by Gasteiger charge is 2.21. The number of amides is 2. The number of aryl methyl sites for hydroxylation is 1. The summed E-state index contributed by atoms with van der Waals surface area (Å²) >= 11 is 3.29. The Morgan fingerprint density at radius 2 is 1.92 bits per heavy atom. The number of nitrogens with one attached hydrogen (secondary N) is 1. The van der Waals surface area contributed by atoms with Gasteiger partial charge in [0.2, 0.25) is 5.91 Å². The van der Waals surface area contributed by atoms with Gasteiger partial charge in [-0.15, -0.1) is 0 Å². The summed E-state index contributed by atoms with van der Waals surface area (Å²) in [5.74, 6) is -0.750. The fourth-order valence-corrected chi connectivity index (χ4v) is 2.81. The molecule has 0 atom stereocenters. The van der Waals surface area contributed by atoms with E-state index in [9.17, 15) is 14.7 Å². The first-order chi connectivity index (χ1) is 11.9. The van der Waals surface area contributed by atoms with Crippen molar-refractivity contribution in [1.29, 1.82) is 0 Å². The number of phenols is 1. The molecule has 0 aliphatic heterocycles. The molecule has 0 spiro atoms. The van der Waals surface area contributed by atoms with Gasteiger partial charge in [-0.05, 0) is 43.2 Å². The van der Waals surface area contributed by atoms with Crippen molar-refractivity contribution in [3.63, 3.8) is 0 Å². The Bertz CT molecular complexity index is 777. The number of anilines is 1. The minimum Gasteiger partial charge on any atom is -0.507 e. The zero-order valence-corrected chi connectivity index (χ0v) is 15.8. The first-order valence-corrected chi connectivity index (χ1v) is 8.85. The predicted octanol–water partition coefficient (Wildman–Crippen LogP) is 3.95. The molecule has 0 unspecified atom stereocenters. The normalized spacial score (nSPS) is 10.4. The van der Waals surface area contributed by atoms with Crippen molar-refractivity contribution in [2.45, 2.75) is 20.3 Å². The first-order valence-electron chi connectivity index (χ1n) is 8.05. The van der Waals surface area contributed by atoms with Crippen LogP contribution in [0.1, 0.15) is 29.3 Å². The zero-order valence-electron chi connectivity index (χ0n) is 14.3. The molecule has 0 heterocycles. The van der Waals surface area contributed by atoms with Gasteiger partial charge < -0.3 is 15.3 Å². The van der Waals surface area contributed by atoms with E-state index in [1.54, 1.807) is 12.1 Å². The first kappa shape index (κ1) is 19.0. The number of carbonyl (C=O) groups is 2. The predicted molar refractivity (Wildman–Crippen MR) is 102 cm³/mol. The number of hydrogen-bond donors (Lipinski definition) is 2. The van der Waals surface area contributed by atoms with Crippen LogP contribution in [0.4, 0.5) is 5.69 Å². The van der Waals surface area contributed by atoms with E-state index in [1.165, 1.54) is 11.0 Å². The molecule has 0 saturated carbocycles. The lowest BCUT2D eigenvalue weighted by molar-refractivity contribution is -0.116. The number of carbonyl (C=O) groups excluding carboxylic acids is 2. The third kappa shape index (κ3) is 5.06. The molecular weight excluding hydrogens is 384 g/mol. The number of para-hydroxylation sites is 1. The number of benzene rings is 2. The van der Waals surface area contributed by atoms with Crippen LogP contribution in [-0.4, -0.2) is 34.9 Å². The second-order valence-corrected chi connectivity index (χ2v) is 6.67. The number of aromatic hydroxyl groups is 1. The van der Waals surface area contributed by atoms with Gasteiger partial charge in [0, 0.05) is 16.7 Å². The smallest absolute Gasteiger partial charge is 0.258 e. The Morgan fingerprint density at radius 3 is 2.60 bits per heavy atom. The lowest BCUT2D eigenvalue weighted by Crippen LogP contribution is -2.38. The molecule has 6 heteroatoms. The van der Waals surface area contributed by atoms with E-state index in [1.807, 2.05) is 38.1 Å². The molecule has 5 nitrogen and oxygen atoms in total. The second-order valence-electron chi connectivity index (χ2n) is 5.75. The van der Waals surface area contributed by atoms with Crippen molar-refractivity contribution >= 4 is 33.4 Å². The van der Waals surface area contributed by atoms with E-state index in [4.69, 9.17) is 0 Å². The van der Waals surface area contributed by atoms with Crippen LogP contribution in [0.25, 0.3) is 0 Å². The Morgan fingerprint density at radius 1 is 1.20 bits per heavy atom. The lowest BCUT2D eigenvalue weighted by Gasteiger charge is -2.22.